The van der Waals surface area contributed by atoms with E-state index in [2.05, 4.69) is 46.4 Å². The molecule has 11 heteroatoms. The Balaban J connectivity index is 1.34. The van der Waals surface area contributed by atoms with E-state index in [0.717, 1.165) is 81.6 Å². The molecule has 0 radical (unpaired) electrons. The molecule has 0 saturated carbocycles. The lowest BCUT2D eigenvalue weighted by Gasteiger charge is -2.28. The smallest absolute Gasteiger partial charge is 0.408 e. The zero-order valence-corrected chi connectivity index (χ0v) is 33.5. The molecule has 0 spiro atoms. The highest BCUT2D eigenvalue weighted by molar-refractivity contribution is 5.95. The number of nitrogens with zero attached hydrogens (tertiary/aromatic N) is 2. The third-order valence-electron chi connectivity index (χ3n) is 10.7. The number of aryl methyl sites for hydroxylation is 1. The number of benzene rings is 3. The van der Waals surface area contributed by atoms with Gasteiger partial charge in [-0.2, -0.15) is 0 Å². The van der Waals surface area contributed by atoms with E-state index < -0.39 is 23.7 Å². The Kier molecular flexibility index (Phi) is 13.4. The number of carbonyl (C=O) groups excluding carboxylic acids is 2. The quantitative estimate of drug-likeness (QED) is 0.0845. The number of fused-ring (bicyclic) bond motifs is 1. The molecule has 0 bridgehead atoms. The second-order valence-electron chi connectivity index (χ2n) is 15.4. The van der Waals surface area contributed by atoms with Gasteiger partial charge in [-0.3, -0.25) is 9.78 Å². The molecule has 3 atom stereocenters. The minimum atomic E-state index is -1.19. The van der Waals surface area contributed by atoms with Crippen LogP contribution in [-0.4, -0.2) is 64.5 Å². The Hall–Kier alpha value is -5.52. The normalized spacial score (nSPS) is 15.5. The van der Waals surface area contributed by atoms with E-state index in [1.807, 2.05) is 81.4 Å². The average Bonchev–Trinajstić information content (AvgIpc) is 3.51. The standard InChI is InChI=1S/C46H54N4O7/c1-6-50-40-20-19-35(34-17-10-15-32(23-34)24-39(44(52)53)49-45(54)56-29-31-13-8-7-9-14-31)26-37(40)38(43(50)36-18-12-22-48-42(36)30(2)55-5)27-46(3,4)57-41(51)25-33-16-11-21-47-28-33/h7-10,12-15,17-20,22-23,26,30,33,39,47H,6,11,16,21,24-25,27-29H2,1-5H3,(H,49,54)(H,52,53)/t30-,33-,39-/m0/s1. The van der Waals surface area contributed by atoms with Gasteiger partial charge in [0.1, 0.15) is 18.2 Å². The van der Waals surface area contributed by atoms with Crippen molar-refractivity contribution in [1.29, 1.82) is 0 Å². The third-order valence-corrected chi connectivity index (χ3v) is 10.7. The molecule has 3 heterocycles. The average molecular weight is 775 g/mol. The number of esters is 1. The van der Waals surface area contributed by atoms with Crippen molar-refractivity contribution < 1.29 is 33.7 Å². The van der Waals surface area contributed by atoms with Crippen LogP contribution < -0.4 is 10.6 Å². The summed E-state index contributed by atoms with van der Waals surface area (Å²) in [7, 11) is 1.68. The zero-order chi connectivity index (χ0) is 40.5. The van der Waals surface area contributed by atoms with Gasteiger partial charge in [0, 0.05) is 55.6 Å². The number of carbonyl (C=O) groups is 3. The Labute approximate surface area is 334 Å². The summed E-state index contributed by atoms with van der Waals surface area (Å²) in [5.41, 5.74) is 7.37. The number of hydrogen-bond donors (Lipinski definition) is 3. The fourth-order valence-electron chi connectivity index (χ4n) is 7.84. The van der Waals surface area contributed by atoms with Crippen LogP contribution in [0.1, 0.15) is 75.4 Å². The molecule has 0 aliphatic carbocycles. The summed E-state index contributed by atoms with van der Waals surface area (Å²) in [6.07, 6.45) is 3.68. The molecular weight excluding hydrogens is 721 g/mol. The van der Waals surface area contributed by atoms with E-state index >= 15 is 0 Å². The largest absolute Gasteiger partial charge is 0.480 e. The van der Waals surface area contributed by atoms with E-state index in [1.54, 1.807) is 13.3 Å². The molecule has 1 aliphatic heterocycles. The lowest BCUT2D eigenvalue weighted by Crippen LogP contribution is -2.42. The van der Waals surface area contributed by atoms with Gasteiger partial charge in [-0.1, -0.05) is 60.7 Å². The van der Waals surface area contributed by atoms with Crippen molar-refractivity contribution in [2.45, 2.75) is 90.7 Å². The summed E-state index contributed by atoms with van der Waals surface area (Å²) < 4.78 is 19.7. The van der Waals surface area contributed by atoms with Gasteiger partial charge in [0.15, 0.2) is 0 Å². The summed E-state index contributed by atoms with van der Waals surface area (Å²) in [6.45, 7) is 10.6. The van der Waals surface area contributed by atoms with Crippen LogP contribution in [0.3, 0.4) is 0 Å². The van der Waals surface area contributed by atoms with Crippen LogP contribution in [0.5, 0.6) is 0 Å². The number of methoxy groups -OCH3 is 1. The lowest BCUT2D eigenvalue weighted by atomic mass is 9.91. The maximum atomic E-state index is 13.4. The number of aromatic nitrogens is 2. The topological polar surface area (TPSA) is 141 Å². The van der Waals surface area contributed by atoms with Gasteiger partial charge < -0.3 is 34.5 Å². The fourth-order valence-corrected chi connectivity index (χ4v) is 7.84. The van der Waals surface area contributed by atoms with Gasteiger partial charge in [0.25, 0.3) is 0 Å². The first-order valence-electron chi connectivity index (χ1n) is 19.8. The maximum Gasteiger partial charge on any atom is 0.408 e. The highest BCUT2D eigenvalue weighted by atomic mass is 16.6. The van der Waals surface area contributed by atoms with Crippen LogP contribution >= 0.6 is 0 Å². The Morgan fingerprint density at radius 1 is 1.00 bits per heavy atom. The molecule has 6 rings (SSSR count). The maximum absolute atomic E-state index is 13.4. The number of hydrogen-bond acceptors (Lipinski definition) is 8. The second kappa shape index (κ2) is 18.6. The highest BCUT2D eigenvalue weighted by Gasteiger charge is 2.31. The van der Waals surface area contributed by atoms with Crippen LogP contribution in [0.4, 0.5) is 4.79 Å². The molecule has 5 aromatic rings. The van der Waals surface area contributed by atoms with Crippen molar-refractivity contribution in [3.8, 4) is 22.4 Å². The predicted molar refractivity (Wildman–Crippen MR) is 221 cm³/mol. The van der Waals surface area contributed by atoms with E-state index in [0.29, 0.717) is 19.4 Å². The molecule has 1 saturated heterocycles. The minimum Gasteiger partial charge on any atom is -0.480 e. The van der Waals surface area contributed by atoms with Crippen LogP contribution in [0.15, 0.2) is 91.1 Å². The molecular formula is C46H54N4O7. The van der Waals surface area contributed by atoms with Gasteiger partial charge in [-0.05, 0) is 112 Å². The summed E-state index contributed by atoms with van der Waals surface area (Å²) in [4.78, 5) is 43.0. The summed E-state index contributed by atoms with van der Waals surface area (Å²) in [6, 6.07) is 26.1. The number of ether oxygens (including phenoxy) is 3. The number of piperidine rings is 1. The molecule has 0 unspecified atom stereocenters. The SMILES string of the molecule is CCn1c(-c2cccnc2[C@H](C)OC)c(CC(C)(C)OC(=O)C[C@@H]2CCCNC2)c2cc(-c3cccc(C[C@H](NC(=O)OCc4ccccc4)C(=O)O)c3)ccc21. The Morgan fingerprint density at radius 2 is 1.77 bits per heavy atom. The van der Waals surface area contributed by atoms with Gasteiger partial charge in [-0.15, -0.1) is 0 Å². The van der Waals surface area contributed by atoms with Gasteiger partial charge in [-0.25, -0.2) is 9.59 Å². The molecule has 57 heavy (non-hydrogen) atoms. The van der Waals surface area contributed by atoms with Gasteiger partial charge in [0.2, 0.25) is 0 Å². The lowest BCUT2D eigenvalue weighted by molar-refractivity contribution is -0.157. The fraction of sp³-hybridized carbons (Fsp3) is 0.391. The number of carboxylic acids is 1. The summed E-state index contributed by atoms with van der Waals surface area (Å²) in [5, 5.41) is 17.0. The molecule has 3 aromatic carbocycles. The van der Waals surface area contributed by atoms with Crippen molar-refractivity contribution in [2.75, 3.05) is 20.2 Å². The summed E-state index contributed by atoms with van der Waals surface area (Å²) >= 11 is 0. The van der Waals surface area contributed by atoms with E-state index in [4.69, 9.17) is 19.2 Å². The molecule has 1 aliphatic rings. The number of alkyl carbamates (subject to hydrolysis) is 1. The van der Waals surface area contributed by atoms with Crippen LogP contribution in [0.25, 0.3) is 33.3 Å². The Morgan fingerprint density at radius 3 is 2.49 bits per heavy atom. The first-order valence-corrected chi connectivity index (χ1v) is 19.8. The number of amides is 1. The third kappa shape index (κ3) is 10.3. The van der Waals surface area contributed by atoms with Crippen molar-refractivity contribution in [2.24, 2.45) is 5.92 Å². The molecule has 2 aromatic heterocycles. The first-order chi connectivity index (χ1) is 27.5. The van der Waals surface area contributed by atoms with Gasteiger partial charge >= 0.3 is 18.0 Å². The number of carboxylic acid groups (broad SMARTS) is 1. The highest BCUT2D eigenvalue weighted by Crippen LogP contribution is 2.41. The van der Waals surface area contributed by atoms with Gasteiger partial charge in [0.05, 0.1) is 17.5 Å². The van der Waals surface area contributed by atoms with Crippen molar-refractivity contribution in [3.05, 3.63) is 114 Å². The predicted octanol–water partition coefficient (Wildman–Crippen LogP) is 8.27. The molecule has 3 N–H and O–H groups in total. The van der Waals surface area contributed by atoms with E-state index in [-0.39, 0.29) is 31.0 Å². The number of rotatable bonds is 16. The van der Waals surface area contributed by atoms with Crippen LogP contribution in [-0.2, 0) is 49.8 Å². The van der Waals surface area contributed by atoms with Crippen molar-refractivity contribution >= 4 is 28.9 Å². The second-order valence-corrected chi connectivity index (χ2v) is 15.4. The van der Waals surface area contributed by atoms with E-state index in [9.17, 15) is 19.5 Å². The van der Waals surface area contributed by atoms with Crippen molar-refractivity contribution in [1.82, 2.24) is 20.2 Å². The molecule has 1 amide bonds. The van der Waals surface area contributed by atoms with Crippen molar-refractivity contribution in [3.63, 3.8) is 0 Å². The Bertz CT molecular complexity index is 2170. The van der Waals surface area contributed by atoms with Crippen LogP contribution in [0, 0.1) is 5.92 Å². The monoisotopic (exact) mass is 774 g/mol. The first kappa shape index (κ1) is 41.1. The number of aliphatic carboxylic acids is 1. The number of nitrogens with one attached hydrogen (secondary N) is 2. The molecule has 300 valence electrons. The number of pyridine rings is 1. The molecule has 1 fully saturated rings. The van der Waals surface area contributed by atoms with Crippen LogP contribution in [0.2, 0.25) is 0 Å². The summed E-state index contributed by atoms with van der Waals surface area (Å²) in [5.74, 6) is -1.09. The zero-order valence-electron chi connectivity index (χ0n) is 33.5. The molecule has 11 nitrogen and oxygen atoms in total. The minimum absolute atomic E-state index is 0.0335. The van der Waals surface area contributed by atoms with E-state index in [1.165, 1.54) is 0 Å².